The zero-order valence-electron chi connectivity index (χ0n) is 11.7. The summed E-state index contributed by atoms with van der Waals surface area (Å²) in [6.45, 7) is 5.00. The number of likely N-dealkylation sites (tertiary alicyclic amines) is 1. The number of hydrogen-bond acceptors (Lipinski definition) is 2. The molecule has 1 heterocycles. The molecular weight excluding hydrogens is 240 g/mol. The van der Waals surface area contributed by atoms with Crippen LogP contribution in [0.15, 0.2) is 24.3 Å². The lowest BCUT2D eigenvalue weighted by Gasteiger charge is -2.27. The summed E-state index contributed by atoms with van der Waals surface area (Å²) in [5, 5.41) is 2.94. The van der Waals surface area contributed by atoms with E-state index in [1.54, 1.807) is 7.11 Å². The molecule has 4 nitrogen and oxygen atoms in total. The quantitative estimate of drug-likeness (QED) is 0.849. The highest BCUT2D eigenvalue weighted by atomic mass is 16.5. The lowest BCUT2D eigenvalue weighted by Crippen LogP contribution is -3.14. The van der Waals surface area contributed by atoms with Crippen molar-refractivity contribution in [2.24, 2.45) is 5.92 Å². The molecule has 0 saturated carbocycles. The molecule has 1 unspecified atom stereocenters. The predicted molar refractivity (Wildman–Crippen MR) is 75.6 cm³/mol. The molecule has 2 atom stereocenters. The van der Waals surface area contributed by atoms with Gasteiger partial charge in [0.15, 0.2) is 6.54 Å². The van der Waals surface area contributed by atoms with Crippen LogP contribution in [0.5, 0.6) is 5.75 Å². The highest BCUT2D eigenvalue weighted by Gasteiger charge is 2.22. The van der Waals surface area contributed by atoms with Crippen molar-refractivity contribution in [1.29, 1.82) is 0 Å². The number of rotatable bonds is 4. The van der Waals surface area contributed by atoms with Crippen molar-refractivity contribution in [1.82, 2.24) is 0 Å². The number of carbonyl (C=O) groups excluding carboxylic acids is 1. The first-order chi connectivity index (χ1) is 9.19. The number of amides is 1. The molecule has 2 N–H and O–H groups in total. The van der Waals surface area contributed by atoms with Crippen molar-refractivity contribution in [3.63, 3.8) is 0 Å². The van der Waals surface area contributed by atoms with Gasteiger partial charge in [0.2, 0.25) is 0 Å². The molecule has 1 aliphatic heterocycles. The summed E-state index contributed by atoms with van der Waals surface area (Å²) >= 11 is 0. The van der Waals surface area contributed by atoms with E-state index < -0.39 is 0 Å². The molecule has 19 heavy (non-hydrogen) atoms. The van der Waals surface area contributed by atoms with Gasteiger partial charge in [-0.1, -0.05) is 19.1 Å². The van der Waals surface area contributed by atoms with Crippen LogP contribution in [-0.2, 0) is 4.79 Å². The van der Waals surface area contributed by atoms with Crippen LogP contribution in [0.25, 0.3) is 0 Å². The highest BCUT2D eigenvalue weighted by Crippen LogP contribution is 2.22. The second kappa shape index (κ2) is 6.57. The third kappa shape index (κ3) is 3.96. The van der Waals surface area contributed by atoms with E-state index >= 15 is 0 Å². The van der Waals surface area contributed by atoms with Crippen LogP contribution in [0.4, 0.5) is 5.69 Å². The molecule has 4 heteroatoms. The number of anilines is 1. The lowest BCUT2D eigenvalue weighted by atomic mass is 10.0. The van der Waals surface area contributed by atoms with Gasteiger partial charge in [-0.15, -0.1) is 0 Å². The van der Waals surface area contributed by atoms with Crippen LogP contribution in [-0.4, -0.2) is 32.7 Å². The van der Waals surface area contributed by atoms with Gasteiger partial charge in [-0.05, 0) is 25.0 Å². The first-order valence-corrected chi connectivity index (χ1v) is 6.95. The lowest BCUT2D eigenvalue weighted by molar-refractivity contribution is -0.900. The van der Waals surface area contributed by atoms with Gasteiger partial charge in [-0.3, -0.25) is 4.79 Å². The Kier molecular flexibility index (Phi) is 4.80. The van der Waals surface area contributed by atoms with E-state index in [4.69, 9.17) is 4.74 Å². The Morgan fingerprint density at radius 2 is 2.26 bits per heavy atom. The molecule has 1 aliphatic rings. The van der Waals surface area contributed by atoms with Gasteiger partial charge in [0.05, 0.1) is 25.9 Å². The molecule has 1 saturated heterocycles. The van der Waals surface area contributed by atoms with E-state index in [2.05, 4.69) is 12.2 Å². The van der Waals surface area contributed by atoms with Gasteiger partial charge in [0.1, 0.15) is 5.75 Å². The summed E-state index contributed by atoms with van der Waals surface area (Å²) in [5.41, 5.74) is 0.749. The van der Waals surface area contributed by atoms with E-state index in [1.807, 2.05) is 24.3 Å². The minimum Gasteiger partial charge on any atom is -0.495 e. The fraction of sp³-hybridized carbons (Fsp3) is 0.533. The van der Waals surface area contributed by atoms with E-state index in [0.717, 1.165) is 24.7 Å². The number of para-hydroxylation sites is 2. The van der Waals surface area contributed by atoms with Crippen LogP contribution in [0, 0.1) is 5.92 Å². The molecule has 0 aliphatic carbocycles. The topological polar surface area (TPSA) is 42.8 Å². The second-order valence-electron chi connectivity index (χ2n) is 5.38. The number of methoxy groups -OCH3 is 1. The standard InChI is InChI=1S/C15H22N2O2/c1-12-6-5-9-17(10-12)11-15(18)16-13-7-3-4-8-14(13)19-2/h3-4,7-8,12H,5-6,9-11H2,1-2H3,(H,16,18)/p+1/t12-/m1/s1. The third-order valence-corrected chi connectivity index (χ3v) is 3.66. The smallest absolute Gasteiger partial charge is 0.279 e. The number of ether oxygens (including phenoxy) is 1. The average molecular weight is 263 g/mol. The summed E-state index contributed by atoms with van der Waals surface area (Å²) < 4.78 is 5.23. The largest absolute Gasteiger partial charge is 0.495 e. The first kappa shape index (κ1) is 13.9. The van der Waals surface area contributed by atoms with Gasteiger partial charge >= 0.3 is 0 Å². The number of quaternary nitrogens is 1. The van der Waals surface area contributed by atoms with Crippen LogP contribution < -0.4 is 15.0 Å². The third-order valence-electron chi connectivity index (χ3n) is 3.66. The molecule has 0 spiro atoms. The van der Waals surface area contributed by atoms with Crippen molar-refractivity contribution in [2.75, 3.05) is 32.1 Å². The summed E-state index contributed by atoms with van der Waals surface area (Å²) in [7, 11) is 1.61. The Labute approximate surface area is 114 Å². The molecule has 0 radical (unpaired) electrons. The number of piperidine rings is 1. The Morgan fingerprint density at radius 3 is 3.00 bits per heavy atom. The Morgan fingerprint density at radius 1 is 1.47 bits per heavy atom. The minimum atomic E-state index is 0.0635. The van der Waals surface area contributed by atoms with E-state index in [0.29, 0.717) is 12.3 Å². The fourth-order valence-electron chi connectivity index (χ4n) is 2.73. The summed E-state index contributed by atoms with van der Waals surface area (Å²) in [6.07, 6.45) is 2.51. The van der Waals surface area contributed by atoms with Crippen molar-refractivity contribution in [2.45, 2.75) is 19.8 Å². The molecule has 0 aromatic heterocycles. The fourth-order valence-corrected chi connectivity index (χ4v) is 2.73. The van der Waals surface area contributed by atoms with Gasteiger partial charge in [0.25, 0.3) is 5.91 Å². The van der Waals surface area contributed by atoms with E-state index in [9.17, 15) is 4.79 Å². The van der Waals surface area contributed by atoms with Gasteiger partial charge < -0.3 is 15.0 Å². The zero-order valence-corrected chi connectivity index (χ0v) is 11.7. The van der Waals surface area contributed by atoms with E-state index in [1.165, 1.54) is 17.7 Å². The normalized spacial score (nSPS) is 22.8. The van der Waals surface area contributed by atoms with Crippen LogP contribution in [0.1, 0.15) is 19.8 Å². The van der Waals surface area contributed by atoms with Crippen molar-refractivity contribution in [3.05, 3.63) is 24.3 Å². The van der Waals surface area contributed by atoms with Crippen LogP contribution in [0.3, 0.4) is 0 Å². The molecule has 1 amide bonds. The number of nitrogens with one attached hydrogen (secondary N) is 2. The number of carbonyl (C=O) groups is 1. The van der Waals surface area contributed by atoms with Crippen molar-refractivity contribution >= 4 is 11.6 Å². The van der Waals surface area contributed by atoms with Gasteiger partial charge in [-0.2, -0.15) is 0 Å². The number of hydrogen-bond donors (Lipinski definition) is 2. The molecule has 0 bridgehead atoms. The molecular formula is C15H23N2O2+. The highest BCUT2D eigenvalue weighted by molar-refractivity contribution is 5.92. The monoisotopic (exact) mass is 263 g/mol. The maximum Gasteiger partial charge on any atom is 0.279 e. The Balaban J connectivity index is 1.90. The molecule has 2 rings (SSSR count). The van der Waals surface area contributed by atoms with Gasteiger partial charge in [-0.25, -0.2) is 0 Å². The van der Waals surface area contributed by atoms with E-state index in [-0.39, 0.29) is 5.91 Å². The Bertz CT molecular complexity index is 434. The second-order valence-corrected chi connectivity index (χ2v) is 5.38. The average Bonchev–Trinajstić information content (AvgIpc) is 2.39. The molecule has 1 fully saturated rings. The Hall–Kier alpha value is -1.55. The van der Waals surface area contributed by atoms with Crippen LogP contribution in [0.2, 0.25) is 0 Å². The molecule has 104 valence electrons. The predicted octanol–water partition coefficient (Wildman–Crippen LogP) is 0.948. The maximum atomic E-state index is 12.1. The maximum absolute atomic E-state index is 12.1. The van der Waals surface area contributed by atoms with Crippen molar-refractivity contribution < 1.29 is 14.4 Å². The summed E-state index contributed by atoms with van der Waals surface area (Å²) in [4.78, 5) is 13.4. The van der Waals surface area contributed by atoms with Crippen molar-refractivity contribution in [3.8, 4) is 5.75 Å². The molecule has 1 aromatic carbocycles. The number of benzene rings is 1. The zero-order chi connectivity index (χ0) is 13.7. The summed E-state index contributed by atoms with van der Waals surface area (Å²) in [5.74, 6) is 1.49. The minimum absolute atomic E-state index is 0.0635. The van der Waals surface area contributed by atoms with Crippen LogP contribution >= 0.6 is 0 Å². The first-order valence-electron chi connectivity index (χ1n) is 6.95. The SMILES string of the molecule is COc1ccccc1NC(=O)C[NH+]1CCC[C@@H](C)C1. The molecule has 1 aromatic rings. The summed E-state index contributed by atoms with van der Waals surface area (Å²) in [6, 6.07) is 7.51. The van der Waals surface area contributed by atoms with Gasteiger partial charge in [0, 0.05) is 5.92 Å².